The second-order valence-electron chi connectivity index (χ2n) is 10.1. The lowest BCUT2D eigenvalue weighted by Crippen LogP contribution is -2.54. The van der Waals surface area contributed by atoms with Crippen LogP contribution in [0.25, 0.3) is 0 Å². The maximum absolute atomic E-state index is 14.0. The maximum Gasteiger partial charge on any atom is 0.264 e. The molecule has 0 aliphatic carbocycles. The fraction of sp³-hybridized carbons (Fsp3) is 0.286. The number of halogens is 4. The number of hydrogen-bond acceptors (Lipinski definition) is 4. The first-order valence-corrected chi connectivity index (χ1v) is 14.8. The molecule has 12 heteroatoms. The summed E-state index contributed by atoms with van der Waals surface area (Å²) in [6.45, 7) is 5.99. The highest BCUT2D eigenvalue weighted by Crippen LogP contribution is 2.30. The van der Waals surface area contributed by atoms with Gasteiger partial charge < -0.3 is 10.2 Å². The van der Waals surface area contributed by atoms with Crippen LogP contribution < -0.4 is 9.62 Å². The SMILES string of the molecule is C[C@@H](C(=O)NC(C)(C)C)N(Cc1c(Cl)cccc1Cl)C(=O)CN(c1ccc(F)c(Cl)c1)S(=O)(=O)c1ccccc1. The summed E-state index contributed by atoms with van der Waals surface area (Å²) in [5.41, 5.74) is -0.252. The molecule has 0 saturated carbocycles. The van der Waals surface area contributed by atoms with Crippen LogP contribution in [0.4, 0.5) is 10.1 Å². The van der Waals surface area contributed by atoms with Gasteiger partial charge in [0.05, 0.1) is 15.6 Å². The number of hydrogen-bond donors (Lipinski definition) is 1. The average Bonchev–Trinajstić information content (AvgIpc) is 2.88. The monoisotopic (exact) mass is 627 g/mol. The van der Waals surface area contributed by atoms with E-state index in [1.807, 2.05) is 0 Å². The summed E-state index contributed by atoms with van der Waals surface area (Å²) < 4.78 is 42.3. The summed E-state index contributed by atoms with van der Waals surface area (Å²) in [4.78, 5) is 28.2. The molecule has 0 aliphatic rings. The predicted molar refractivity (Wildman–Crippen MR) is 157 cm³/mol. The Balaban J connectivity index is 2.09. The number of carbonyl (C=O) groups is 2. The first-order chi connectivity index (χ1) is 18.6. The molecular formula is C28H29Cl3FN3O4S. The number of anilines is 1. The highest BCUT2D eigenvalue weighted by atomic mass is 35.5. The molecule has 3 aromatic carbocycles. The zero-order chi connectivity index (χ0) is 29.8. The lowest BCUT2D eigenvalue weighted by molar-refractivity contribution is -0.140. The molecule has 0 aromatic heterocycles. The normalized spacial score (nSPS) is 12.5. The van der Waals surface area contributed by atoms with E-state index in [9.17, 15) is 22.4 Å². The number of amides is 2. The summed E-state index contributed by atoms with van der Waals surface area (Å²) in [6.07, 6.45) is 0. The van der Waals surface area contributed by atoms with Crippen molar-refractivity contribution in [1.29, 1.82) is 0 Å². The molecule has 3 rings (SSSR count). The van der Waals surface area contributed by atoms with Crippen LogP contribution in [0.2, 0.25) is 15.1 Å². The van der Waals surface area contributed by atoms with Crippen LogP contribution >= 0.6 is 34.8 Å². The van der Waals surface area contributed by atoms with Crippen molar-refractivity contribution < 1.29 is 22.4 Å². The smallest absolute Gasteiger partial charge is 0.264 e. The van der Waals surface area contributed by atoms with Gasteiger partial charge in [-0.3, -0.25) is 13.9 Å². The number of carbonyl (C=O) groups excluding carboxylic acids is 2. The largest absolute Gasteiger partial charge is 0.350 e. The highest BCUT2D eigenvalue weighted by Gasteiger charge is 2.34. The minimum absolute atomic E-state index is 0.0360. The molecular weight excluding hydrogens is 600 g/mol. The Morgan fingerprint density at radius 1 is 0.925 bits per heavy atom. The summed E-state index contributed by atoms with van der Waals surface area (Å²) in [5.74, 6) is -1.95. The average molecular weight is 629 g/mol. The minimum Gasteiger partial charge on any atom is -0.350 e. The van der Waals surface area contributed by atoms with Crippen LogP contribution in [0, 0.1) is 5.82 Å². The topological polar surface area (TPSA) is 86.8 Å². The number of benzene rings is 3. The van der Waals surface area contributed by atoms with Crippen LogP contribution in [0.5, 0.6) is 0 Å². The summed E-state index contributed by atoms with van der Waals surface area (Å²) in [6, 6.07) is 14.6. The van der Waals surface area contributed by atoms with E-state index in [0.717, 1.165) is 16.4 Å². The Morgan fingerprint density at radius 2 is 1.52 bits per heavy atom. The van der Waals surface area contributed by atoms with Crippen LogP contribution in [-0.4, -0.2) is 43.3 Å². The molecule has 2 amide bonds. The molecule has 0 bridgehead atoms. The summed E-state index contributed by atoms with van der Waals surface area (Å²) in [7, 11) is -4.32. The van der Waals surface area contributed by atoms with Gasteiger partial charge in [-0.2, -0.15) is 0 Å². The van der Waals surface area contributed by atoms with E-state index >= 15 is 0 Å². The predicted octanol–water partition coefficient (Wildman–Crippen LogP) is 6.31. The van der Waals surface area contributed by atoms with E-state index in [1.54, 1.807) is 45.0 Å². The first-order valence-electron chi connectivity index (χ1n) is 12.2. The highest BCUT2D eigenvalue weighted by molar-refractivity contribution is 7.92. The Morgan fingerprint density at radius 3 is 2.08 bits per heavy atom. The van der Waals surface area contributed by atoms with Crippen molar-refractivity contribution in [3.05, 3.63) is 93.2 Å². The molecule has 40 heavy (non-hydrogen) atoms. The zero-order valence-corrected chi connectivity index (χ0v) is 25.4. The fourth-order valence-corrected chi connectivity index (χ4v) is 5.92. The summed E-state index contributed by atoms with van der Waals surface area (Å²) in [5, 5.41) is 3.05. The van der Waals surface area contributed by atoms with Crippen LogP contribution in [0.15, 0.2) is 71.6 Å². The molecule has 0 radical (unpaired) electrons. The van der Waals surface area contributed by atoms with E-state index < -0.39 is 45.8 Å². The van der Waals surface area contributed by atoms with Crippen LogP contribution in [-0.2, 0) is 26.2 Å². The van der Waals surface area contributed by atoms with Gasteiger partial charge in [0.25, 0.3) is 10.0 Å². The lowest BCUT2D eigenvalue weighted by Gasteiger charge is -2.33. The first kappa shape index (κ1) is 31.7. The van der Waals surface area contributed by atoms with Crippen molar-refractivity contribution in [1.82, 2.24) is 10.2 Å². The van der Waals surface area contributed by atoms with Crippen LogP contribution in [0.1, 0.15) is 33.3 Å². The molecule has 0 fully saturated rings. The third-order valence-electron chi connectivity index (χ3n) is 5.86. The molecule has 0 spiro atoms. The number of nitrogens with zero attached hydrogens (tertiary/aromatic N) is 2. The van der Waals surface area contributed by atoms with E-state index in [2.05, 4.69) is 5.32 Å². The molecule has 0 saturated heterocycles. The van der Waals surface area contributed by atoms with Gasteiger partial charge in [0.2, 0.25) is 11.8 Å². The molecule has 0 heterocycles. The fourth-order valence-electron chi connectivity index (χ4n) is 3.80. The van der Waals surface area contributed by atoms with Gasteiger partial charge in [0, 0.05) is 27.7 Å². The van der Waals surface area contributed by atoms with Gasteiger partial charge in [-0.05, 0) is 70.2 Å². The number of rotatable bonds is 9. The maximum atomic E-state index is 14.0. The van der Waals surface area contributed by atoms with Crippen molar-refractivity contribution in [2.75, 3.05) is 10.8 Å². The van der Waals surface area contributed by atoms with Crippen molar-refractivity contribution in [2.45, 2.75) is 50.7 Å². The molecule has 214 valence electrons. The van der Waals surface area contributed by atoms with E-state index in [0.29, 0.717) is 5.56 Å². The van der Waals surface area contributed by atoms with E-state index in [1.165, 1.54) is 42.2 Å². The van der Waals surface area contributed by atoms with Crippen molar-refractivity contribution in [2.24, 2.45) is 0 Å². The lowest BCUT2D eigenvalue weighted by atomic mass is 10.1. The van der Waals surface area contributed by atoms with Gasteiger partial charge in [-0.15, -0.1) is 0 Å². The molecule has 1 atom stereocenters. The van der Waals surface area contributed by atoms with Gasteiger partial charge in [0.1, 0.15) is 18.4 Å². The minimum atomic E-state index is -4.32. The van der Waals surface area contributed by atoms with Crippen molar-refractivity contribution in [3.63, 3.8) is 0 Å². The van der Waals surface area contributed by atoms with Gasteiger partial charge in [-0.25, -0.2) is 12.8 Å². The van der Waals surface area contributed by atoms with E-state index in [-0.39, 0.29) is 32.2 Å². The second-order valence-corrected chi connectivity index (χ2v) is 13.1. The third kappa shape index (κ3) is 7.66. The molecule has 0 unspecified atom stereocenters. The molecule has 3 aromatic rings. The van der Waals surface area contributed by atoms with E-state index in [4.69, 9.17) is 34.8 Å². The number of nitrogens with one attached hydrogen (secondary N) is 1. The van der Waals surface area contributed by atoms with Crippen LogP contribution in [0.3, 0.4) is 0 Å². The zero-order valence-electron chi connectivity index (χ0n) is 22.3. The van der Waals surface area contributed by atoms with Crippen molar-refractivity contribution in [3.8, 4) is 0 Å². The molecule has 7 nitrogen and oxygen atoms in total. The Bertz CT molecular complexity index is 1480. The molecule has 1 N–H and O–H groups in total. The van der Waals surface area contributed by atoms with Gasteiger partial charge >= 0.3 is 0 Å². The Labute approximate surface area is 248 Å². The van der Waals surface area contributed by atoms with Gasteiger partial charge in [0.15, 0.2) is 0 Å². The second kappa shape index (κ2) is 12.8. The number of sulfonamides is 1. The standard InChI is InChI=1S/C28H29Cl3FN3O4S/c1-18(27(37)33-28(2,3)4)34(16-21-22(29)11-8-12-23(21)30)26(36)17-35(19-13-14-25(32)24(31)15-19)40(38,39)20-9-6-5-7-10-20/h5-15,18H,16-17H2,1-4H3,(H,33,37)/t18-/m0/s1. The Hall–Kier alpha value is -2.85. The Kier molecular flexibility index (Phi) is 10.1. The van der Waals surface area contributed by atoms with Gasteiger partial charge in [-0.1, -0.05) is 59.1 Å². The van der Waals surface area contributed by atoms with Crippen molar-refractivity contribution >= 4 is 62.3 Å². The molecule has 0 aliphatic heterocycles. The summed E-state index contributed by atoms with van der Waals surface area (Å²) >= 11 is 18.7. The quantitative estimate of drug-likeness (QED) is 0.301. The third-order valence-corrected chi connectivity index (χ3v) is 8.64.